The lowest BCUT2D eigenvalue weighted by Crippen LogP contribution is -1.91. The summed E-state index contributed by atoms with van der Waals surface area (Å²) in [5.74, 6) is 0. The lowest BCUT2D eigenvalue weighted by molar-refractivity contribution is 0.664. The molecule has 5 heteroatoms. The first-order valence-electron chi connectivity index (χ1n) is 10.2. The number of para-hydroxylation sites is 1. The summed E-state index contributed by atoms with van der Waals surface area (Å²) in [7, 11) is 0. The molecule has 0 spiro atoms. The maximum absolute atomic E-state index is 6.34. The molecule has 0 atom stereocenters. The minimum Gasteiger partial charge on any atom is -0.456 e. The number of benzene rings is 3. The average Bonchev–Trinajstić information content (AvgIpc) is 3.52. The Morgan fingerprint density at radius 3 is 2.52 bits per heavy atom. The van der Waals surface area contributed by atoms with Crippen LogP contribution in [0.1, 0.15) is 0 Å². The molecule has 0 unspecified atom stereocenters. The molecule has 5 aromatic heterocycles. The van der Waals surface area contributed by atoms with E-state index in [0.29, 0.717) is 0 Å². The first kappa shape index (κ1) is 15.5. The molecule has 0 amide bonds. The van der Waals surface area contributed by atoms with Crippen molar-refractivity contribution < 1.29 is 8.83 Å². The summed E-state index contributed by atoms with van der Waals surface area (Å²) in [6.45, 7) is 0. The summed E-state index contributed by atoms with van der Waals surface area (Å²) in [6, 6.07) is 18.5. The van der Waals surface area contributed by atoms with Gasteiger partial charge in [-0.15, -0.1) is 0 Å². The van der Waals surface area contributed by atoms with E-state index in [4.69, 9.17) is 8.83 Å². The van der Waals surface area contributed by atoms with Crippen LogP contribution in [0.15, 0.2) is 88.2 Å². The standard InChI is InChI=1S/C26H13N3O2/c1-2-4-20-15(3-1)17-11-23-18(12-22(17)30-20)24-21(31-23)6-5-16-14-7-8-27-13-19(14)26-28-9-10-29(26)25(16)24/h1-13H. The number of aromatic nitrogens is 3. The normalized spacial score (nSPS) is 12.5. The van der Waals surface area contributed by atoms with Gasteiger partial charge in [0.15, 0.2) is 0 Å². The summed E-state index contributed by atoms with van der Waals surface area (Å²) in [5.41, 5.74) is 5.42. The molecule has 0 N–H and O–H groups in total. The number of pyridine rings is 2. The molecule has 8 rings (SSSR count). The van der Waals surface area contributed by atoms with E-state index in [1.165, 1.54) is 0 Å². The lowest BCUT2D eigenvalue weighted by Gasteiger charge is -2.08. The van der Waals surface area contributed by atoms with Crippen LogP contribution in [-0.2, 0) is 0 Å². The summed E-state index contributed by atoms with van der Waals surface area (Å²) < 4.78 is 14.6. The summed E-state index contributed by atoms with van der Waals surface area (Å²) in [6.07, 6.45) is 7.55. The predicted molar refractivity (Wildman–Crippen MR) is 123 cm³/mol. The monoisotopic (exact) mass is 399 g/mol. The summed E-state index contributed by atoms with van der Waals surface area (Å²) in [5, 5.41) is 7.57. The van der Waals surface area contributed by atoms with Crippen LogP contribution in [0.2, 0.25) is 0 Å². The zero-order valence-corrected chi connectivity index (χ0v) is 16.2. The van der Waals surface area contributed by atoms with E-state index in [-0.39, 0.29) is 0 Å². The molecular formula is C26H13N3O2. The zero-order valence-electron chi connectivity index (χ0n) is 16.2. The third-order valence-electron chi connectivity index (χ3n) is 6.34. The molecule has 0 saturated carbocycles. The van der Waals surface area contributed by atoms with Gasteiger partial charge in [-0.1, -0.05) is 18.2 Å². The maximum atomic E-state index is 6.34. The maximum Gasteiger partial charge on any atom is 0.146 e. The Hall–Kier alpha value is -4.38. The van der Waals surface area contributed by atoms with Gasteiger partial charge in [0.25, 0.3) is 0 Å². The van der Waals surface area contributed by atoms with Crippen molar-refractivity contribution in [2.24, 2.45) is 0 Å². The number of furan rings is 2. The minimum atomic E-state index is 0.850. The van der Waals surface area contributed by atoms with Gasteiger partial charge < -0.3 is 8.83 Å². The topological polar surface area (TPSA) is 56.5 Å². The van der Waals surface area contributed by atoms with Crippen molar-refractivity contribution in [1.29, 1.82) is 0 Å². The first-order valence-corrected chi connectivity index (χ1v) is 10.2. The Labute approximate surface area is 174 Å². The van der Waals surface area contributed by atoms with Gasteiger partial charge >= 0.3 is 0 Å². The van der Waals surface area contributed by atoms with E-state index in [0.717, 1.165) is 71.2 Å². The van der Waals surface area contributed by atoms with Crippen molar-refractivity contribution >= 4 is 71.2 Å². The van der Waals surface area contributed by atoms with Crippen molar-refractivity contribution in [2.75, 3.05) is 0 Å². The van der Waals surface area contributed by atoms with E-state index in [9.17, 15) is 0 Å². The van der Waals surface area contributed by atoms with Gasteiger partial charge in [0.2, 0.25) is 0 Å². The summed E-state index contributed by atoms with van der Waals surface area (Å²) in [4.78, 5) is 8.94. The Morgan fingerprint density at radius 2 is 1.52 bits per heavy atom. The average molecular weight is 399 g/mol. The largest absolute Gasteiger partial charge is 0.456 e. The molecule has 8 aromatic rings. The number of fused-ring (bicyclic) bond motifs is 13. The molecule has 0 aliphatic rings. The van der Waals surface area contributed by atoms with Gasteiger partial charge in [-0.05, 0) is 41.8 Å². The van der Waals surface area contributed by atoms with E-state index in [1.54, 1.807) is 0 Å². The van der Waals surface area contributed by atoms with Crippen LogP contribution >= 0.6 is 0 Å². The number of hydrogen-bond acceptors (Lipinski definition) is 4. The first-order chi connectivity index (χ1) is 15.4. The van der Waals surface area contributed by atoms with Gasteiger partial charge in [-0.3, -0.25) is 9.38 Å². The molecule has 0 aliphatic heterocycles. The van der Waals surface area contributed by atoms with E-state index in [2.05, 4.69) is 50.8 Å². The predicted octanol–water partition coefficient (Wildman–Crippen LogP) is 6.83. The fraction of sp³-hybridized carbons (Fsp3) is 0. The molecule has 0 saturated heterocycles. The number of imidazole rings is 1. The van der Waals surface area contributed by atoms with Crippen LogP contribution in [0.4, 0.5) is 0 Å². The Bertz CT molecular complexity index is 2010. The molecule has 3 aromatic carbocycles. The van der Waals surface area contributed by atoms with Crippen LogP contribution in [0, 0.1) is 0 Å². The third-order valence-corrected chi connectivity index (χ3v) is 6.34. The highest BCUT2D eigenvalue weighted by molar-refractivity contribution is 6.25. The fourth-order valence-electron chi connectivity index (χ4n) is 5.03. The molecule has 5 nitrogen and oxygen atoms in total. The number of nitrogens with zero attached hydrogens (tertiary/aromatic N) is 3. The van der Waals surface area contributed by atoms with Crippen LogP contribution in [0.5, 0.6) is 0 Å². The van der Waals surface area contributed by atoms with Crippen molar-refractivity contribution in [3.8, 4) is 0 Å². The minimum absolute atomic E-state index is 0.850. The zero-order chi connectivity index (χ0) is 20.1. The molecule has 31 heavy (non-hydrogen) atoms. The Morgan fingerprint density at radius 1 is 0.645 bits per heavy atom. The molecule has 0 bridgehead atoms. The number of rotatable bonds is 0. The summed E-state index contributed by atoms with van der Waals surface area (Å²) >= 11 is 0. The lowest BCUT2D eigenvalue weighted by atomic mass is 10.0. The van der Waals surface area contributed by atoms with Crippen LogP contribution in [0.3, 0.4) is 0 Å². The van der Waals surface area contributed by atoms with E-state index < -0.39 is 0 Å². The second-order valence-corrected chi connectivity index (χ2v) is 7.92. The molecular weight excluding hydrogens is 386 g/mol. The van der Waals surface area contributed by atoms with Gasteiger partial charge in [-0.25, -0.2) is 4.98 Å². The fourth-order valence-corrected chi connectivity index (χ4v) is 5.03. The smallest absolute Gasteiger partial charge is 0.146 e. The van der Waals surface area contributed by atoms with Gasteiger partial charge in [0.05, 0.1) is 10.9 Å². The van der Waals surface area contributed by atoms with Gasteiger partial charge in [0.1, 0.15) is 28.0 Å². The highest BCUT2D eigenvalue weighted by Gasteiger charge is 2.18. The van der Waals surface area contributed by atoms with Gasteiger partial charge in [-0.2, -0.15) is 0 Å². The molecule has 144 valence electrons. The molecule has 0 aliphatic carbocycles. The second kappa shape index (κ2) is 5.21. The van der Waals surface area contributed by atoms with Crippen molar-refractivity contribution in [3.05, 3.63) is 79.4 Å². The molecule has 0 fully saturated rings. The van der Waals surface area contributed by atoms with Crippen molar-refractivity contribution in [3.63, 3.8) is 0 Å². The second-order valence-electron chi connectivity index (χ2n) is 7.92. The molecule has 5 heterocycles. The van der Waals surface area contributed by atoms with Gasteiger partial charge in [0, 0.05) is 51.7 Å². The van der Waals surface area contributed by atoms with Crippen LogP contribution in [0.25, 0.3) is 71.2 Å². The van der Waals surface area contributed by atoms with Crippen LogP contribution < -0.4 is 0 Å². The van der Waals surface area contributed by atoms with E-state index >= 15 is 0 Å². The molecule has 0 radical (unpaired) electrons. The number of hydrogen-bond donors (Lipinski definition) is 0. The third kappa shape index (κ3) is 1.82. The highest BCUT2D eigenvalue weighted by Crippen LogP contribution is 2.41. The SMILES string of the molecule is c1ccc2c(c1)oc1cc3c(cc12)oc1ccc2c4ccncc4c4nccn4c2c13. The van der Waals surface area contributed by atoms with Crippen molar-refractivity contribution in [2.45, 2.75) is 0 Å². The Balaban J connectivity index is 1.66. The van der Waals surface area contributed by atoms with E-state index in [1.807, 2.05) is 43.0 Å². The Kier molecular flexibility index (Phi) is 2.60. The van der Waals surface area contributed by atoms with Crippen LogP contribution in [-0.4, -0.2) is 14.4 Å². The quantitative estimate of drug-likeness (QED) is 0.262. The highest BCUT2D eigenvalue weighted by atomic mass is 16.3. The van der Waals surface area contributed by atoms with Crippen molar-refractivity contribution in [1.82, 2.24) is 14.4 Å².